The molecule has 1 amide bonds. The first-order valence-electron chi connectivity index (χ1n) is 7.09. The van der Waals surface area contributed by atoms with E-state index < -0.39 is 0 Å². The fourth-order valence-electron chi connectivity index (χ4n) is 1.90. The van der Waals surface area contributed by atoms with Crippen LogP contribution < -0.4 is 5.32 Å². The summed E-state index contributed by atoms with van der Waals surface area (Å²) >= 11 is 0. The zero-order chi connectivity index (χ0) is 14.8. The molecule has 3 nitrogen and oxygen atoms in total. The molecule has 0 saturated heterocycles. The Hall–Kier alpha value is -1.77. The van der Waals surface area contributed by atoms with Gasteiger partial charge in [0.1, 0.15) is 6.61 Å². The van der Waals surface area contributed by atoms with Gasteiger partial charge in [0.2, 0.25) is 0 Å². The van der Waals surface area contributed by atoms with E-state index in [-0.39, 0.29) is 11.5 Å². The Morgan fingerprint density at radius 2 is 2.05 bits per heavy atom. The molecular weight excluding hydrogens is 250 g/mol. The van der Waals surface area contributed by atoms with Gasteiger partial charge in [-0.1, -0.05) is 50.3 Å². The minimum Gasteiger partial charge on any atom is -0.445 e. The van der Waals surface area contributed by atoms with Gasteiger partial charge in [0.25, 0.3) is 0 Å². The minimum atomic E-state index is -0.356. The van der Waals surface area contributed by atoms with E-state index in [1.54, 1.807) is 0 Å². The van der Waals surface area contributed by atoms with Gasteiger partial charge in [-0.2, -0.15) is 0 Å². The third kappa shape index (κ3) is 6.98. The molecule has 1 rings (SSSR count). The summed E-state index contributed by atoms with van der Waals surface area (Å²) in [5, 5.41) is 2.83. The summed E-state index contributed by atoms with van der Waals surface area (Å²) in [5.74, 6) is 0. The van der Waals surface area contributed by atoms with Crippen LogP contribution in [0.3, 0.4) is 0 Å². The summed E-state index contributed by atoms with van der Waals surface area (Å²) < 4.78 is 5.18. The molecule has 0 aromatic heterocycles. The molecular formula is C17H25NO2. The monoisotopic (exact) mass is 275 g/mol. The average Bonchev–Trinajstić information content (AvgIpc) is 2.44. The number of hydrogen-bond acceptors (Lipinski definition) is 2. The average molecular weight is 275 g/mol. The topological polar surface area (TPSA) is 38.3 Å². The van der Waals surface area contributed by atoms with Crippen LogP contribution in [-0.2, 0) is 11.3 Å². The fourth-order valence-corrected chi connectivity index (χ4v) is 1.90. The minimum absolute atomic E-state index is 0.0782. The van der Waals surface area contributed by atoms with Gasteiger partial charge in [-0.15, -0.1) is 6.58 Å². The van der Waals surface area contributed by atoms with E-state index in [1.165, 1.54) is 0 Å². The van der Waals surface area contributed by atoms with Crippen molar-refractivity contribution in [2.45, 2.75) is 39.7 Å². The van der Waals surface area contributed by atoms with Gasteiger partial charge in [-0.3, -0.25) is 0 Å². The number of carbonyl (C=O) groups excluding carboxylic acids is 1. The van der Waals surface area contributed by atoms with Crippen molar-refractivity contribution in [3.8, 4) is 0 Å². The van der Waals surface area contributed by atoms with Crippen LogP contribution in [0.5, 0.6) is 0 Å². The first-order valence-corrected chi connectivity index (χ1v) is 7.09. The number of hydrogen-bond donors (Lipinski definition) is 1. The van der Waals surface area contributed by atoms with Crippen LogP contribution in [0.4, 0.5) is 4.79 Å². The molecule has 0 spiro atoms. The Morgan fingerprint density at radius 1 is 1.35 bits per heavy atom. The van der Waals surface area contributed by atoms with E-state index in [4.69, 9.17) is 4.74 Å². The van der Waals surface area contributed by atoms with Crippen LogP contribution >= 0.6 is 0 Å². The van der Waals surface area contributed by atoms with Crippen molar-refractivity contribution in [2.24, 2.45) is 5.41 Å². The lowest BCUT2D eigenvalue weighted by atomic mass is 9.87. The molecule has 1 aromatic carbocycles. The second-order valence-corrected chi connectivity index (χ2v) is 5.76. The van der Waals surface area contributed by atoms with Gasteiger partial charge in [0.05, 0.1) is 0 Å². The van der Waals surface area contributed by atoms with E-state index in [9.17, 15) is 4.79 Å². The summed E-state index contributed by atoms with van der Waals surface area (Å²) in [6, 6.07) is 9.67. The van der Waals surface area contributed by atoms with Crippen molar-refractivity contribution in [3.05, 3.63) is 48.6 Å². The number of unbranched alkanes of at least 4 members (excludes halogenated alkanes) is 1. The van der Waals surface area contributed by atoms with E-state index in [2.05, 4.69) is 25.7 Å². The maximum absolute atomic E-state index is 11.6. The number of rotatable bonds is 8. The Bertz CT molecular complexity index is 412. The predicted octanol–water partition coefficient (Wildman–Crippen LogP) is 4.30. The molecule has 0 saturated carbocycles. The fraction of sp³-hybridized carbons (Fsp3) is 0.471. The van der Waals surface area contributed by atoms with E-state index in [1.807, 2.05) is 36.4 Å². The van der Waals surface area contributed by atoms with Gasteiger partial charge in [0.15, 0.2) is 0 Å². The third-order valence-corrected chi connectivity index (χ3v) is 3.19. The number of carbonyl (C=O) groups is 1. The number of amides is 1. The van der Waals surface area contributed by atoms with Crippen LogP contribution in [0.25, 0.3) is 0 Å². The molecule has 0 aliphatic rings. The molecule has 3 heteroatoms. The number of allylic oxidation sites excluding steroid dienone is 1. The quantitative estimate of drug-likeness (QED) is 0.567. The van der Waals surface area contributed by atoms with Crippen molar-refractivity contribution < 1.29 is 9.53 Å². The summed E-state index contributed by atoms with van der Waals surface area (Å²) in [6.45, 7) is 8.94. The van der Waals surface area contributed by atoms with Gasteiger partial charge >= 0.3 is 6.09 Å². The molecule has 0 fully saturated rings. The predicted molar refractivity (Wildman–Crippen MR) is 82.5 cm³/mol. The number of nitrogens with one attached hydrogen (secondary N) is 1. The Morgan fingerprint density at radius 3 is 2.70 bits per heavy atom. The van der Waals surface area contributed by atoms with E-state index >= 15 is 0 Å². The highest BCUT2D eigenvalue weighted by atomic mass is 16.5. The van der Waals surface area contributed by atoms with Crippen LogP contribution in [-0.4, -0.2) is 12.6 Å². The molecule has 0 aliphatic carbocycles. The van der Waals surface area contributed by atoms with Crippen molar-refractivity contribution in [1.29, 1.82) is 0 Å². The van der Waals surface area contributed by atoms with Crippen molar-refractivity contribution >= 4 is 6.09 Å². The molecule has 1 N–H and O–H groups in total. The molecule has 20 heavy (non-hydrogen) atoms. The number of benzene rings is 1. The van der Waals surface area contributed by atoms with Gasteiger partial charge < -0.3 is 10.1 Å². The van der Waals surface area contributed by atoms with E-state index in [0.717, 1.165) is 24.8 Å². The molecule has 1 aromatic rings. The lowest BCUT2D eigenvalue weighted by molar-refractivity contribution is 0.134. The maximum Gasteiger partial charge on any atom is 0.407 e. The molecule has 0 radical (unpaired) electrons. The Balaban J connectivity index is 2.23. The molecule has 110 valence electrons. The smallest absolute Gasteiger partial charge is 0.407 e. The maximum atomic E-state index is 11.6. The van der Waals surface area contributed by atoms with Gasteiger partial charge in [-0.05, 0) is 30.2 Å². The first-order chi connectivity index (χ1) is 9.53. The summed E-state index contributed by atoms with van der Waals surface area (Å²) in [6.07, 6.45) is 4.74. The highest BCUT2D eigenvalue weighted by molar-refractivity contribution is 5.67. The largest absolute Gasteiger partial charge is 0.445 e. The normalized spacial score (nSPS) is 10.9. The number of ether oxygens (including phenoxy) is 1. The second kappa shape index (κ2) is 8.41. The van der Waals surface area contributed by atoms with Crippen molar-refractivity contribution in [1.82, 2.24) is 5.32 Å². The third-order valence-electron chi connectivity index (χ3n) is 3.19. The van der Waals surface area contributed by atoms with Crippen molar-refractivity contribution in [2.75, 3.05) is 6.54 Å². The molecule has 0 aliphatic heterocycles. The zero-order valence-corrected chi connectivity index (χ0v) is 12.5. The lowest BCUT2D eigenvalue weighted by Gasteiger charge is -2.24. The lowest BCUT2D eigenvalue weighted by Crippen LogP contribution is -2.34. The molecule has 0 heterocycles. The zero-order valence-electron chi connectivity index (χ0n) is 12.5. The van der Waals surface area contributed by atoms with Crippen LogP contribution in [0.2, 0.25) is 0 Å². The molecule has 0 atom stereocenters. The van der Waals surface area contributed by atoms with Crippen LogP contribution in [0, 0.1) is 5.41 Å². The first kappa shape index (κ1) is 16.3. The highest BCUT2D eigenvalue weighted by Gasteiger charge is 2.18. The summed E-state index contributed by atoms with van der Waals surface area (Å²) in [5.41, 5.74) is 1.07. The van der Waals surface area contributed by atoms with E-state index in [0.29, 0.717) is 13.2 Å². The summed E-state index contributed by atoms with van der Waals surface area (Å²) in [7, 11) is 0. The number of alkyl carbamates (subject to hydrolysis) is 1. The Labute approximate surface area is 122 Å². The highest BCUT2D eigenvalue weighted by Crippen LogP contribution is 2.22. The molecule has 0 unspecified atom stereocenters. The second-order valence-electron chi connectivity index (χ2n) is 5.76. The Kier molecular flexibility index (Phi) is 6.85. The SMILES string of the molecule is C=CCCCC(C)(C)CNC(=O)OCc1ccccc1. The van der Waals surface area contributed by atoms with Gasteiger partial charge in [-0.25, -0.2) is 4.79 Å². The standard InChI is InChI=1S/C17H25NO2/c1-4-5-9-12-17(2,3)14-18-16(19)20-13-15-10-7-6-8-11-15/h4,6-8,10-11H,1,5,9,12-14H2,2-3H3,(H,18,19). The van der Waals surface area contributed by atoms with Gasteiger partial charge in [0, 0.05) is 6.54 Å². The van der Waals surface area contributed by atoms with Crippen molar-refractivity contribution in [3.63, 3.8) is 0 Å². The van der Waals surface area contributed by atoms with Crippen LogP contribution in [0.15, 0.2) is 43.0 Å². The van der Waals surface area contributed by atoms with Crippen LogP contribution in [0.1, 0.15) is 38.7 Å². The molecule has 0 bridgehead atoms. The summed E-state index contributed by atoms with van der Waals surface area (Å²) in [4.78, 5) is 11.6.